The molecule has 162 valence electrons. The quantitative estimate of drug-likeness (QED) is 0.368. The van der Waals surface area contributed by atoms with Gasteiger partial charge in [-0.1, -0.05) is 13.8 Å². The van der Waals surface area contributed by atoms with Gasteiger partial charge in [-0.2, -0.15) is 0 Å². The second-order valence-corrected chi connectivity index (χ2v) is 8.76. The zero-order valence-corrected chi connectivity index (χ0v) is 18.4. The molecule has 0 atom stereocenters. The number of aliphatic imine (C=N–C) groups is 1. The van der Waals surface area contributed by atoms with Crippen molar-refractivity contribution < 1.29 is 14.3 Å². The number of anilines is 1. The van der Waals surface area contributed by atoms with Gasteiger partial charge in [0.2, 0.25) is 5.91 Å². The van der Waals surface area contributed by atoms with E-state index < -0.39 is 0 Å². The van der Waals surface area contributed by atoms with Gasteiger partial charge >= 0.3 is 0 Å². The lowest BCUT2D eigenvalue weighted by molar-refractivity contribution is -0.121. The summed E-state index contributed by atoms with van der Waals surface area (Å²) in [6, 6.07) is 5.72. The van der Waals surface area contributed by atoms with Crippen molar-refractivity contribution in [3.8, 4) is 11.5 Å². The van der Waals surface area contributed by atoms with E-state index in [1.165, 1.54) is 0 Å². The van der Waals surface area contributed by atoms with Gasteiger partial charge < -0.3 is 25.4 Å². The molecule has 1 aliphatic rings. The van der Waals surface area contributed by atoms with Crippen LogP contribution in [0, 0.1) is 5.92 Å². The standard InChI is InChI=1S/C22H36N4O3/c1-16(2)8-6-11-23-21(24-15-20(27)26-22(3,4)5)25-17-9-10-18-19(14-17)29-13-7-12-28-18/h9-10,14,16H,6-8,11-13,15H2,1-5H3,(H,26,27)(H2,23,24,25). The summed E-state index contributed by atoms with van der Waals surface area (Å²) in [5, 5.41) is 9.53. The molecule has 3 N–H and O–H groups in total. The highest BCUT2D eigenvalue weighted by Crippen LogP contribution is 2.32. The fourth-order valence-electron chi connectivity index (χ4n) is 2.84. The first-order valence-electron chi connectivity index (χ1n) is 10.5. The summed E-state index contributed by atoms with van der Waals surface area (Å²) in [6.45, 7) is 12.4. The van der Waals surface area contributed by atoms with Crippen LogP contribution in [0.3, 0.4) is 0 Å². The molecule has 7 nitrogen and oxygen atoms in total. The van der Waals surface area contributed by atoms with E-state index in [4.69, 9.17) is 9.47 Å². The lowest BCUT2D eigenvalue weighted by Crippen LogP contribution is -2.42. The summed E-state index contributed by atoms with van der Waals surface area (Å²) in [5.41, 5.74) is 0.555. The van der Waals surface area contributed by atoms with Gasteiger partial charge in [-0.15, -0.1) is 0 Å². The normalized spacial score (nSPS) is 14.3. The van der Waals surface area contributed by atoms with E-state index in [-0.39, 0.29) is 18.0 Å². The molecule has 0 fully saturated rings. The minimum absolute atomic E-state index is 0.0569. The van der Waals surface area contributed by atoms with Crippen molar-refractivity contribution in [2.75, 3.05) is 31.6 Å². The number of guanidine groups is 1. The predicted molar refractivity (Wildman–Crippen MR) is 118 cm³/mol. The van der Waals surface area contributed by atoms with Crippen LogP contribution in [-0.4, -0.2) is 43.7 Å². The van der Waals surface area contributed by atoms with Crippen LogP contribution in [0.5, 0.6) is 11.5 Å². The van der Waals surface area contributed by atoms with Gasteiger partial charge in [0.15, 0.2) is 17.5 Å². The first-order valence-corrected chi connectivity index (χ1v) is 10.5. The van der Waals surface area contributed by atoms with Crippen molar-refractivity contribution in [1.82, 2.24) is 10.6 Å². The summed E-state index contributed by atoms with van der Waals surface area (Å²) in [4.78, 5) is 16.6. The lowest BCUT2D eigenvalue weighted by Gasteiger charge is -2.20. The third-order valence-corrected chi connectivity index (χ3v) is 4.16. The number of hydrogen-bond donors (Lipinski definition) is 3. The van der Waals surface area contributed by atoms with Crippen molar-refractivity contribution in [2.45, 2.75) is 59.4 Å². The molecule has 0 bridgehead atoms. The Morgan fingerprint density at radius 2 is 1.90 bits per heavy atom. The highest BCUT2D eigenvalue weighted by molar-refractivity contribution is 5.95. The van der Waals surface area contributed by atoms with Gasteiger partial charge in [0.25, 0.3) is 0 Å². The molecule has 0 saturated carbocycles. The van der Waals surface area contributed by atoms with E-state index in [0.717, 1.165) is 43.0 Å². The van der Waals surface area contributed by atoms with Gasteiger partial charge in [0.1, 0.15) is 6.54 Å². The molecule has 1 aliphatic heterocycles. The molecule has 0 spiro atoms. The monoisotopic (exact) mass is 404 g/mol. The summed E-state index contributed by atoms with van der Waals surface area (Å²) in [6.07, 6.45) is 3.03. The van der Waals surface area contributed by atoms with Crippen LogP contribution in [0.25, 0.3) is 0 Å². The molecule has 2 rings (SSSR count). The summed E-state index contributed by atoms with van der Waals surface area (Å²) >= 11 is 0. The minimum atomic E-state index is -0.279. The van der Waals surface area contributed by atoms with Gasteiger partial charge in [-0.05, 0) is 51.7 Å². The Hall–Kier alpha value is -2.44. The minimum Gasteiger partial charge on any atom is -0.490 e. The molecule has 1 heterocycles. The maximum Gasteiger partial charge on any atom is 0.242 e. The zero-order valence-electron chi connectivity index (χ0n) is 18.4. The van der Waals surface area contributed by atoms with E-state index in [9.17, 15) is 4.79 Å². The second-order valence-electron chi connectivity index (χ2n) is 8.76. The topological polar surface area (TPSA) is 84.0 Å². The third-order valence-electron chi connectivity index (χ3n) is 4.16. The number of ether oxygens (including phenoxy) is 2. The highest BCUT2D eigenvalue weighted by Gasteiger charge is 2.14. The van der Waals surface area contributed by atoms with Crippen molar-refractivity contribution in [2.24, 2.45) is 10.9 Å². The van der Waals surface area contributed by atoms with Gasteiger partial charge in [-0.25, -0.2) is 4.99 Å². The van der Waals surface area contributed by atoms with E-state index in [1.807, 2.05) is 39.0 Å². The van der Waals surface area contributed by atoms with E-state index >= 15 is 0 Å². The van der Waals surface area contributed by atoms with E-state index in [1.54, 1.807) is 0 Å². The molecule has 0 saturated heterocycles. The second kappa shape index (κ2) is 10.9. The largest absolute Gasteiger partial charge is 0.490 e. The first-order chi connectivity index (χ1) is 13.7. The third kappa shape index (κ3) is 9.07. The Kier molecular flexibility index (Phi) is 8.61. The number of fused-ring (bicyclic) bond motifs is 1. The van der Waals surface area contributed by atoms with Crippen molar-refractivity contribution >= 4 is 17.6 Å². The molecule has 7 heteroatoms. The van der Waals surface area contributed by atoms with Crippen molar-refractivity contribution in [3.63, 3.8) is 0 Å². The van der Waals surface area contributed by atoms with Crippen LogP contribution >= 0.6 is 0 Å². The average Bonchev–Trinajstić information content (AvgIpc) is 2.86. The number of hydrogen-bond acceptors (Lipinski definition) is 4. The van der Waals surface area contributed by atoms with E-state index in [0.29, 0.717) is 25.1 Å². The number of nitrogens with one attached hydrogen (secondary N) is 3. The van der Waals surface area contributed by atoms with Crippen LogP contribution < -0.4 is 25.4 Å². The molecule has 0 unspecified atom stereocenters. The molecule has 0 radical (unpaired) electrons. The fraction of sp³-hybridized carbons (Fsp3) is 0.636. The molecule has 1 aromatic carbocycles. The molecular weight excluding hydrogens is 368 g/mol. The predicted octanol–water partition coefficient (Wildman–Crippen LogP) is 3.56. The maximum atomic E-state index is 12.2. The number of amides is 1. The van der Waals surface area contributed by atoms with Gasteiger partial charge in [0.05, 0.1) is 13.2 Å². The summed E-state index contributed by atoms with van der Waals surface area (Å²) < 4.78 is 11.4. The number of rotatable bonds is 7. The molecular formula is C22H36N4O3. The van der Waals surface area contributed by atoms with Gasteiger partial charge in [0, 0.05) is 30.3 Å². The van der Waals surface area contributed by atoms with Crippen LogP contribution in [0.1, 0.15) is 53.9 Å². The Balaban J connectivity index is 2.04. The molecule has 1 amide bonds. The van der Waals surface area contributed by atoms with Crippen molar-refractivity contribution in [1.29, 1.82) is 0 Å². The first kappa shape index (κ1) is 22.8. The molecule has 29 heavy (non-hydrogen) atoms. The highest BCUT2D eigenvalue weighted by atomic mass is 16.5. The van der Waals surface area contributed by atoms with Crippen molar-refractivity contribution in [3.05, 3.63) is 18.2 Å². The Morgan fingerprint density at radius 1 is 1.17 bits per heavy atom. The molecule has 0 aromatic heterocycles. The summed E-state index contributed by atoms with van der Waals surface area (Å²) in [5.74, 6) is 2.59. The summed E-state index contributed by atoms with van der Waals surface area (Å²) in [7, 11) is 0. The maximum absolute atomic E-state index is 12.2. The Labute approximate surface area is 174 Å². The number of nitrogens with zero attached hydrogens (tertiary/aromatic N) is 1. The van der Waals surface area contributed by atoms with Crippen LogP contribution in [0.2, 0.25) is 0 Å². The fourth-order valence-corrected chi connectivity index (χ4v) is 2.84. The number of carbonyl (C=O) groups is 1. The Bertz CT molecular complexity index is 696. The Morgan fingerprint density at radius 3 is 2.59 bits per heavy atom. The number of benzene rings is 1. The number of carbonyl (C=O) groups excluding carboxylic acids is 1. The van der Waals surface area contributed by atoms with E-state index in [2.05, 4.69) is 34.8 Å². The lowest BCUT2D eigenvalue weighted by atomic mass is 10.1. The average molecular weight is 405 g/mol. The van der Waals surface area contributed by atoms with Crippen LogP contribution in [-0.2, 0) is 4.79 Å². The smallest absolute Gasteiger partial charge is 0.242 e. The van der Waals surface area contributed by atoms with Crippen LogP contribution in [0.15, 0.2) is 23.2 Å². The van der Waals surface area contributed by atoms with Gasteiger partial charge in [-0.3, -0.25) is 4.79 Å². The van der Waals surface area contributed by atoms with Crippen LogP contribution in [0.4, 0.5) is 5.69 Å². The zero-order chi connectivity index (χ0) is 21.3. The molecule has 0 aliphatic carbocycles. The molecule has 1 aromatic rings. The SMILES string of the molecule is CC(C)CCCNC(=NCC(=O)NC(C)(C)C)Nc1ccc2c(c1)OCCCO2.